The zero-order chi connectivity index (χ0) is 33.4. The fourth-order valence-electron chi connectivity index (χ4n) is 4.83. The molecular weight excluding hydrogens is 610 g/mol. The van der Waals surface area contributed by atoms with E-state index in [0.29, 0.717) is 73.9 Å². The molecule has 2 N–H and O–H groups in total. The van der Waals surface area contributed by atoms with Crippen molar-refractivity contribution in [2.75, 3.05) is 56.6 Å². The summed E-state index contributed by atoms with van der Waals surface area (Å²) >= 11 is 0. The first-order valence-electron chi connectivity index (χ1n) is 14.8. The minimum atomic E-state index is -4.78. The maximum atomic E-state index is 15.1. The van der Waals surface area contributed by atoms with E-state index in [1.807, 2.05) is 18.7 Å². The van der Waals surface area contributed by atoms with Crippen LogP contribution in [0.25, 0.3) is 11.4 Å². The van der Waals surface area contributed by atoms with Gasteiger partial charge in [0.25, 0.3) is 0 Å². The Morgan fingerprint density at radius 2 is 1.63 bits per heavy atom. The van der Waals surface area contributed by atoms with E-state index in [2.05, 4.69) is 25.6 Å². The minimum absolute atomic E-state index is 0.123. The van der Waals surface area contributed by atoms with Gasteiger partial charge in [-0.2, -0.15) is 13.2 Å². The summed E-state index contributed by atoms with van der Waals surface area (Å²) in [7, 11) is 0. The molecule has 0 unspecified atom stereocenters. The van der Waals surface area contributed by atoms with Crippen LogP contribution in [0.15, 0.2) is 30.6 Å². The van der Waals surface area contributed by atoms with Crippen LogP contribution in [0.1, 0.15) is 42.8 Å². The number of hydrogen-bond donors (Lipinski definition) is 2. The van der Waals surface area contributed by atoms with Gasteiger partial charge < -0.3 is 20.1 Å². The van der Waals surface area contributed by atoms with Crippen molar-refractivity contribution in [2.45, 2.75) is 46.8 Å². The molecule has 1 aliphatic rings. The standard InChI is InChI=1S/C31H37F4N7O4/c1-5-11-46-28-14-22(16-36-20(28)3)29-37-17-27(19(2)38-29)40-30(44)39-26-15-24(31(33,34)35)23(13-25(26)32)18-42-8-6-41(7-9-42)10-12-45-21(4)43/h13-17H,5-12,18H2,1-4H3,(H2,39,40,44). The highest BCUT2D eigenvalue weighted by Crippen LogP contribution is 2.36. The lowest BCUT2D eigenvalue weighted by molar-refractivity contribution is -0.141. The molecule has 46 heavy (non-hydrogen) atoms. The number of piperazine rings is 1. The Kier molecular flexibility index (Phi) is 11.5. The summed E-state index contributed by atoms with van der Waals surface area (Å²) in [6.07, 6.45) is -1.01. The van der Waals surface area contributed by atoms with Crippen LogP contribution in [0.5, 0.6) is 5.75 Å². The van der Waals surface area contributed by atoms with Gasteiger partial charge in [0, 0.05) is 58.0 Å². The van der Waals surface area contributed by atoms with Crippen molar-refractivity contribution in [1.29, 1.82) is 0 Å². The lowest BCUT2D eigenvalue weighted by Gasteiger charge is -2.35. The van der Waals surface area contributed by atoms with Gasteiger partial charge in [0.05, 0.1) is 41.1 Å². The molecule has 1 aliphatic heterocycles. The number of carbonyl (C=O) groups excluding carboxylic acids is 2. The van der Waals surface area contributed by atoms with Gasteiger partial charge in [0.1, 0.15) is 18.2 Å². The molecule has 1 aromatic carbocycles. The summed E-state index contributed by atoms with van der Waals surface area (Å²) in [4.78, 5) is 40.5. The van der Waals surface area contributed by atoms with Crippen LogP contribution in [-0.2, 0) is 22.3 Å². The van der Waals surface area contributed by atoms with E-state index in [0.717, 1.165) is 12.5 Å². The number of halogens is 4. The number of nitrogens with zero attached hydrogens (tertiary/aromatic N) is 5. The second-order valence-corrected chi connectivity index (χ2v) is 10.9. The third-order valence-corrected chi connectivity index (χ3v) is 7.31. The summed E-state index contributed by atoms with van der Waals surface area (Å²) in [6, 6.07) is 2.22. The fraction of sp³-hybridized carbons (Fsp3) is 0.452. The van der Waals surface area contributed by atoms with Gasteiger partial charge in [-0.25, -0.2) is 19.2 Å². The number of urea groups is 1. The van der Waals surface area contributed by atoms with E-state index < -0.39 is 29.3 Å². The van der Waals surface area contributed by atoms with Crippen molar-refractivity contribution in [1.82, 2.24) is 24.8 Å². The molecule has 0 saturated carbocycles. The van der Waals surface area contributed by atoms with Gasteiger partial charge in [-0.05, 0) is 44.0 Å². The van der Waals surface area contributed by atoms with E-state index >= 15 is 4.39 Å². The molecule has 2 amide bonds. The summed E-state index contributed by atoms with van der Waals surface area (Å²) < 4.78 is 67.9. The Labute approximate surface area is 264 Å². The topological polar surface area (TPSA) is 122 Å². The zero-order valence-corrected chi connectivity index (χ0v) is 26.1. The van der Waals surface area contributed by atoms with Crippen LogP contribution in [0.3, 0.4) is 0 Å². The number of pyridine rings is 1. The predicted molar refractivity (Wildman–Crippen MR) is 163 cm³/mol. The van der Waals surface area contributed by atoms with Gasteiger partial charge >= 0.3 is 18.2 Å². The molecule has 11 nitrogen and oxygen atoms in total. The molecule has 0 radical (unpaired) electrons. The van der Waals surface area contributed by atoms with E-state index in [-0.39, 0.29) is 30.4 Å². The lowest BCUT2D eigenvalue weighted by Crippen LogP contribution is -2.47. The third kappa shape index (κ3) is 9.33. The first kappa shape index (κ1) is 34.5. The van der Waals surface area contributed by atoms with Crippen molar-refractivity contribution in [3.63, 3.8) is 0 Å². The Morgan fingerprint density at radius 1 is 0.935 bits per heavy atom. The smallest absolute Gasteiger partial charge is 0.416 e. The number of rotatable bonds is 11. The summed E-state index contributed by atoms with van der Waals surface area (Å²) in [5.41, 5.74) is -0.0374. The Bertz CT molecular complexity index is 1550. The molecule has 1 fully saturated rings. The molecule has 1 saturated heterocycles. The number of anilines is 2. The number of amides is 2. The average molecular weight is 648 g/mol. The zero-order valence-electron chi connectivity index (χ0n) is 26.1. The van der Waals surface area contributed by atoms with Crippen LogP contribution < -0.4 is 15.4 Å². The van der Waals surface area contributed by atoms with Crippen molar-refractivity contribution < 1.29 is 36.6 Å². The number of aryl methyl sites for hydroxylation is 2. The predicted octanol–water partition coefficient (Wildman–Crippen LogP) is 5.43. The molecule has 2 aromatic heterocycles. The van der Waals surface area contributed by atoms with Crippen molar-refractivity contribution in [2.24, 2.45) is 0 Å². The number of carbonyl (C=O) groups is 2. The highest BCUT2D eigenvalue weighted by molar-refractivity contribution is 6.00. The molecule has 0 spiro atoms. The van der Waals surface area contributed by atoms with Crippen LogP contribution >= 0.6 is 0 Å². The molecule has 4 rings (SSSR count). The monoisotopic (exact) mass is 647 g/mol. The van der Waals surface area contributed by atoms with Crippen molar-refractivity contribution in [3.05, 3.63) is 58.9 Å². The number of esters is 1. The Hall–Kier alpha value is -4.37. The van der Waals surface area contributed by atoms with E-state index in [4.69, 9.17) is 9.47 Å². The van der Waals surface area contributed by atoms with Crippen LogP contribution in [0.4, 0.5) is 33.7 Å². The molecule has 0 bridgehead atoms. The largest absolute Gasteiger partial charge is 0.492 e. The summed E-state index contributed by atoms with van der Waals surface area (Å²) in [5, 5.41) is 4.65. The number of aromatic nitrogens is 3. The third-order valence-electron chi connectivity index (χ3n) is 7.31. The maximum absolute atomic E-state index is 15.1. The summed E-state index contributed by atoms with van der Waals surface area (Å²) in [6.45, 7) is 9.94. The lowest BCUT2D eigenvalue weighted by atomic mass is 10.0. The van der Waals surface area contributed by atoms with Gasteiger partial charge in [-0.15, -0.1) is 0 Å². The quantitative estimate of drug-likeness (QED) is 0.207. The molecule has 248 valence electrons. The molecule has 3 aromatic rings. The maximum Gasteiger partial charge on any atom is 0.416 e. The van der Waals surface area contributed by atoms with E-state index in [9.17, 15) is 22.8 Å². The highest BCUT2D eigenvalue weighted by Gasteiger charge is 2.35. The highest BCUT2D eigenvalue weighted by atomic mass is 19.4. The van der Waals surface area contributed by atoms with Crippen LogP contribution in [0, 0.1) is 19.7 Å². The Morgan fingerprint density at radius 3 is 2.28 bits per heavy atom. The van der Waals surface area contributed by atoms with Crippen molar-refractivity contribution >= 4 is 23.4 Å². The van der Waals surface area contributed by atoms with Crippen LogP contribution in [0.2, 0.25) is 0 Å². The van der Waals surface area contributed by atoms with Gasteiger partial charge in [-0.1, -0.05) is 6.92 Å². The molecule has 3 heterocycles. The normalized spacial score (nSPS) is 14.2. The number of ether oxygens (including phenoxy) is 2. The van der Waals surface area contributed by atoms with Crippen LogP contribution in [-0.4, -0.2) is 82.7 Å². The molecule has 0 aliphatic carbocycles. The molecular formula is C31H37F4N7O4. The second kappa shape index (κ2) is 15.3. The van der Waals surface area contributed by atoms with Gasteiger partial charge in [0.2, 0.25) is 0 Å². The first-order chi connectivity index (χ1) is 21.8. The van der Waals surface area contributed by atoms with Gasteiger partial charge in [0.15, 0.2) is 5.82 Å². The average Bonchev–Trinajstić information content (AvgIpc) is 2.99. The number of hydrogen-bond acceptors (Lipinski definition) is 9. The SMILES string of the molecule is CCCOc1cc(-c2ncc(NC(=O)Nc3cc(C(F)(F)F)c(CN4CCN(CCOC(C)=O)CC4)cc3F)c(C)n2)cnc1C. The molecule has 0 atom stereocenters. The van der Waals surface area contributed by atoms with E-state index in [1.54, 1.807) is 24.1 Å². The number of nitrogens with one attached hydrogen (secondary N) is 2. The number of alkyl halides is 3. The van der Waals surface area contributed by atoms with E-state index in [1.165, 1.54) is 13.1 Å². The Balaban J connectivity index is 1.42. The van der Waals surface area contributed by atoms with Gasteiger partial charge in [-0.3, -0.25) is 19.6 Å². The number of benzene rings is 1. The van der Waals surface area contributed by atoms with Crippen molar-refractivity contribution in [3.8, 4) is 17.1 Å². The summed E-state index contributed by atoms with van der Waals surface area (Å²) in [5.74, 6) is -0.451. The first-order valence-corrected chi connectivity index (χ1v) is 14.8. The molecule has 15 heteroatoms. The fourth-order valence-corrected chi connectivity index (χ4v) is 4.83. The minimum Gasteiger partial charge on any atom is -0.492 e. The second-order valence-electron chi connectivity index (χ2n) is 10.9.